The van der Waals surface area contributed by atoms with Crippen molar-refractivity contribution < 1.29 is 9.21 Å². The van der Waals surface area contributed by atoms with Gasteiger partial charge in [0.15, 0.2) is 5.78 Å². The molecule has 0 amide bonds. The third-order valence-electron chi connectivity index (χ3n) is 2.32. The fourth-order valence-electron chi connectivity index (χ4n) is 1.71. The second-order valence-corrected chi connectivity index (χ2v) is 3.70. The number of rotatable bonds is 1. The predicted molar refractivity (Wildman–Crippen MR) is 53.1 cm³/mol. The van der Waals surface area contributed by atoms with Gasteiger partial charge in [0.2, 0.25) is 0 Å². The third-order valence-corrected chi connectivity index (χ3v) is 2.32. The highest BCUT2D eigenvalue weighted by Gasteiger charge is 2.24. The summed E-state index contributed by atoms with van der Waals surface area (Å²) in [6.07, 6.45) is 5.07. The van der Waals surface area contributed by atoms with Crippen LogP contribution in [0.5, 0.6) is 0 Å². The number of carbonyl (C=O) groups excluding carboxylic acids is 1. The molecule has 0 fully saturated rings. The Morgan fingerprint density at radius 1 is 1.43 bits per heavy atom. The minimum atomic E-state index is 0.105. The molecule has 3 heteroatoms. The zero-order chi connectivity index (χ0) is 10.1. The number of allylic oxidation sites excluding steroid dienone is 1. The van der Waals surface area contributed by atoms with E-state index in [4.69, 9.17) is 4.42 Å². The Hall–Kier alpha value is -1.51. The number of hydrogen-bond acceptors (Lipinski definition) is 3. The molecule has 2 rings (SSSR count). The first-order chi connectivity index (χ1) is 6.68. The van der Waals surface area contributed by atoms with Crippen molar-refractivity contribution in [3.63, 3.8) is 0 Å². The fourth-order valence-corrected chi connectivity index (χ4v) is 1.71. The topological polar surface area (TPSA) is 33.5 Å². The van der Waals surface area contributed by atoms with Crippen LogP contribution in [0.2, 0.25) is 0 Å². The van der Waals surface area contributed by atoms with E-state index in [1.54, 1.807) is 12.3 Å². The second kappa shape index (κ2) is 3.33. The number of Topliss-reactive ketones (excluding diaryl/α,β-unsaturated/α-hetero) is 1. The first kappa shape index (κ1) is 9.06. The van der Waals surface area contributed by atoms with Gasteiger partial charge in [-0.05, 0) is 12.5 Å². The largest absolute Gasteiger partial charge is 0.469 e. The fraction of sp³-hybridized carbons (Fsp3) is 0.364. The molecule has 0 unspecified atom stereocenters. The third kappa shape index (κ3) is 1.45. The van der Waals surface area contributed by atoms with Crippen molar-refractivity contribution in [2.75, 3.05) is 14.1 Å². The van der Waals surface area contributed by atoms with Gasteiger partial charge in [0, 0.05) is 32.3 Å². The normalized spacial score (nSPS) is 18.4. The highest BCUT2D eigenvalue weighted by Crippen LogP contribution is 2.25. The van der Waals surface area contributed by atoms with Crippen LogP contribution in [0.25, 0.3) is 0 Å². The van der Waals surface area contributed by atoms with Crippen LogP contribution in [0, 0.1) is 0 Å². The maximum Gasteiger partial charge on any atom is 0.193 e. The molecule has 1 aromatic rings. The Labute approximate surface area is 83.0 Å². The maximum absolute atomic E-state index is 11.9. The lowest BCUT2D eigenvalue weighted by Crippen LogP contribution is -2.15. The predicted octanol–water partition coefficient (Wildman–Crippen LogP) is 1.85. The van der Waals surface area contributed by atoms with Crippen LogP contribution in [0.1, 0.15) is 22.5 Å². The summed E-state index contributed by atoms with van der Waals surface area (Å²) in [6, 6.07) is 1.75. The highest BCUT2D eigenvalue weighted by atomic mass is 16.3. The van der Waals surface area contributed by atoms with E-state index in [1.165, 1.54) is 0 Å². The molecule has 1 heterocycles. The van der Waals surface area contributed by atoms with Gasteiger partial charge in [-0.25, -0.2) is 0 Å². The maximum atomic E-state index is 11.9. The van der Waals surface area contributed by atoms with E-state index < -0.39 is 0 Å². The van der Waals surface area contributed by atoms with Crippen molar-refractivity contribution in [3.8, 4) is 0 Å². The summed E-state index contributed by atoms with van der Waals surface area (Å²) in [7, 11) is 3.84. The van der Waals surface area contributed by atoms with E-state index in [1.807, 2.05) is 25.2 Å². The zero-order valence-electron chi connectivity index (χ0n) is 8.41. The van der Waals surface area contributed by atoms with Crippen LogP contribution < -0.4 is 0 Å². The van der Waals surface area contributed by atoms with Gasteiger partial charge >= 0.3 is 0 Å². The first-order valence-electron chi connectivity index (χ1n) is 4.66. The van der Waals surface area contributed by atoms with E-state index in [2.05, 4.69) is 0 Å². The molecule has 1 aromatic heterocycles. The summed E-state index contributed by atoms with van der Waals surface area (Å²) >= 11 is 0. The van der Waals surface area contributed by atoms with Crippen molar-refractivity contribution >= 4 is 5.78 Å². The smallest absolute Gasteiger partial charge is 0.193 e. The van der Waals surface area contributed by atoms with Crippen molar-refractivity contribution in [3.05, 3.63) is 35.4 Å². The standard InChI is InChI=1S/C11H13NO2/c1-12(2)7-8-3-4-10-9(11(8)13)5-6-14-10/h5-7H,3-4H2,1-2H3/b8-7-. The quantitative estimate of drug-likeness (QED) is 0.635. The van der Waals surface area contributed by atoms with E-state index >= 15 is 0 Å². The molecule has 1 aliphatic rings. The van der Waals surface area contributed by atoms with Gasteiger partial charge in [-0.3, -0.25) is 4.79 Å². The Balaban J connectivity index is 2.34. The van der Waals surface area contributed by atoms with Crippen molar-refractivity contribution in [1.29, 1.82) is 0 Å². The minimum Gasteiger partial charge on any atom is -0.469 e. The number of hydrogen-bond donors (Lipinski definition) is 0. The number of furan rings is 1. The van der Waals surface area contributed by atoms with Crippen LogP contribution in [-0.2, 0) is 6.42 Å². The molecule has 74 valence electrons. The Bertz CT molecular complexity index is 388. The molecule has 0 saturated carbocycles. The molecule has 0 aliphatic heterocycles. The van der Waals surface area contributed by atoms with Crippen LogP contribution in [0.3, 0.4) is 0 Å². The number of carbonyl (C=O) groups is 1. The van der Waals surface area contributed by atoms with E-state index in [0.717, 1.165) is 29.7 Å². The van der Waals surface area contributed by atoms with Crippen LogP contribution >= 0.6 is 0 Å². The van der Waals surface area contributed by atoms with Gasteiger partial charge in [0.05, 0.1) is 11.8 Å². The molecule has 0 spiro atoms. The SMILES string of the molecule is CN(C)/C=C1/CCc2occc2C1=O. The average Bonchev–Trinajstić information content (AvgIpc) is 2.57. The monoisotopic (exact) mass is 191 g/mol. The molecule has 14 heavy (non-hydrogen) atoms. The molecule has 0 atom stereocenters. The molecular formula is C11H13NO2. The van der Waals surface area contributed by atoms with Gasteiger partial charge in [0.25, 0.3) is 0 Å². The van der Waals surface area contributed by atoms with Crippen molar-refractivity contribution in [2.45, 2.75) is 12.8 Å². The van der Waals surface area contributed by atoms with Gasteiger partial charge < -0.3 is 9.32 Å². The molecule has 0 bridgehead atoms. The summed E-state index contributed by atoms with van der Waals surface area (Å²) in [5.74, 6) is 0.930. The van der Waals surface area contributed by atoms with Crippen LogP contribution in [-0.4, -0.2) is 24.8 Å². The first-order valence-corrected chi connectivity index (χ1v) is 4.66. The lowest BCUT2D eigenvalue weighted by atomic mass is 9.93. The Morgan fingerprint density at radius 3 is 2.93 bits per heavy atom. The zero-order valence-corrected chi connectivity index (χ0v) is 8.41. The Kier molecular flexibility index (Phi) is 2.15. The molecule has 0 aromatic carbocycles. The van der Waals surface area contributed by atoms with Gasteiger partial charge in [-0.15, -0.1) is 0 Å². The van der Waals surface area contributed by atoms with E-state index in [9.17, 15) is 4.79 Å². The average molecular weight is 191 g/mol. The summed E-state index contributed by atoms with van der Waals surface area (Å²) in [4.78, 5) is 13.8. The van der Waals surface area contributed by atoms with Gasteiger partial charge in [-0.1, -0.05) is 0 Å². The molecular weight excluding hydrogens is 178 g/mol. The van der Waals surface area contributed by atoms with Crippen LogP contribution in [0.4, 0.5) is 0 Å². The number of nitrogens with zero attached hydrogens (tertiary/aromatic N) is 1. The minimum absolute atomic E-state index is 0.105. The van der Waals surface area contributed by atoms with Crippen LogP contribution in [0.15, 0.2) is 28.5 Å². The summed E-state index contributed by atoms with van der Waals surface area (Å²) in [5, 5.41) is 0. The number of fused-ring (bicyclic) bond motifs is 1. The van der Waals surface area contributed by atoms with Gasteiger partial charge in [-0.2, -0.15) is 0 Å². The van der Waals surface area contributed by atoms with Crippen molar-refractivity contribution in [1.82, 2.24) is 4.90 Å². The van der Waals surface area contributed by atoms with E-state index in [-0.39, 0.29) is 5.78 Å². The lowest BCUT2D eigenvalue weighted by molar-refractivity contribution is 0.102. The second-order valence-electron chi connectivity index (χ2n) is 3.70. The van der Waals surface area contributed by atoms with Gasteiger partial charge in [0.1, 0.15) is 5.76 Å². The summed E-state index contributed by atoms with van der Waals surface area (Å²) in [5.41, 5.74) is 1.59. The molecule has 0 radical (unpaired) electrons. The summed E-state index contributed by atoms with van der Waals surface area (Å²) < 4.78 is 5.22. The molecule has 3 nitrogen and oxygen atoms in total. The molecule has 0 saturated heterocycles. The Morgan fingerprint density at radius 2 is 2.21 bits per heavy atom. The number of ketones is 1. The summed E-state index contributed by atoms with van der Waals surface area (Å²) in [6.45, 7) is 0. The number of aryl methyl sites for hydroxylation is 1. The van der Waals surface area contributed by atoms with Crippen molar-refractivity contribution in [2.24, 2.45) is 0 Å². The highest BCUT2D eigenvalue weighted by molar-refractivity contribution is 6.10. The molecule has 0 N–H and O–H groups in total. The lowest BCUT2D eigenvalue weighted by Gasteiger charge is -2.14. The molecule has 1 aliphatic carbocycles. The van der Waals surface area contributed by atoms with E-state index in [0.29, 0.717) is 0 Å².